The highest BCUT2D eigenvalue weighted by Gasteiger charge is 2.51. The molecule has 2 amide bonds. The van der Waals surface area contributed by atoms with Gasteiger partial charge in [-0.1, -0.05) is 19.3 Å². The Balaban J connectivity index is 1.52. The largest absolute Gasteiger partial charge is 0.494 e. The number of rotatable bonds is 7. The lowest BCUT2D eigenvalue weighted by molar-refractivity contribution is -0.144. The molecule has 26 heavy (non-hydrogen) atoms. The number of nitrogens with zero attached hydrogens (tertiary/aromatic N) is 1. The van der Waals surface area contributed by atoms with Crippen LogP contribution in [0.1, 0.15) is 45.4 Å². The molecule has 3 rings (SSSR count). The molecule has 1 N–H and O–H groups in total. The molecule has 6 nitrogen and oxygen atoms in total. The highest BCUT2D eigenvalue weighted by Crippen LogP contribution is 2.45. The molecule has 1 atom stereocenters. The number of carbonyl (C=O) groups is 2. The van der Waals surface area contributed by atoms with Gasteiger partial charge in [0.15, 0.2) is 0 Å². The number of benzene rings is 1. The van der Waals surface area contributed by atoms with Crippen molar-refractivity contribution in [3.05, 3.63) is 24.3 Å². The van der Waals surface area contributed by atoms with Gasteiger partial charge in [-0.05, 0) is 44.0 Å². The van der Waals surface area contributed by atoms with E-state index in [4.69, 9.17) is 9.47 Å². The summed E-state index contributed by atoms with van der Waals surface area (Å²) in [5, 5.41) is 10.2. The fraction of sp³-hybridized carbons (Fsp3) is 0.600. The van der Waals surface area contributed by atoms with Crippen LogP contribution in [0.15, 0.2) is 24.3 Å². The van der Waals surface area contributed by atoms with Crippen molar-refractivity contribution in [1.82, 2.24) is 4.90 Å². The van der Waals surface area contributed by atoms with Gasteiger partial charge in [-0.15, -0.1) is 0 Å². The molecule has 0 aromatic heterocycles. The number of ether oxygens (including phenoxy) is 2. The van der Waals surface area contributed by atoms with E-state index >= 15 is 0 Å². The Morgan fingerprint density at radius 2 is 1.69 bits per heavy atom. The quantitative estimate of drug-likeness (QED) is 0.755. The normalized spacial score (nSPS) is 20.5. The lowest BCUT2D eigenvalue weighted by Gasteiger charge is -2.30. The minimum Gasteiger partial charge on any atom is -0.494 e. The minimum absolute atomic E-state index is 0.00353. The maximum Gasteiger partial charge on any atom is 0.235 e. The van der Waals surface area contributed by atoms with Crippen molar-refractivity contribution in [2.75, 3.05) is 19.8 Å². The molecule has 1 heterocycles. The molecule has 6 heteroatoms. The monoisotopic (exact) mass is 361 g/mol. The Morgan fingerprint density at radius 3 is 2.31 bits per heavy atom. The van der Waals surface area contributed by atoms with Crippen molar-refractivity contribution >= 4 is 11.8 Å². The van der Waals surface area contributed by atoms with Crippen molar-refractivity contribution in [2.45, 2.75) is 51.6 Å². The van der Waals surface area contributed by atoms with Crippen LogP contribution in [0, 0.1) is 5.41 Å². The molecule has 0 bridgehead atoms. The van der Waals surface area contributed by atoms with E-state index in [0.717, 1.165) is 37.9 Å². The molecule has 1 aromatic rings. The first-order valence-corrected chi connectivity index (χ1v) is 9.42. The van der Waals surface area contributed by atoms with Crippen molar-refractivity contribution in [1.29, 1.82) is 0 Å². The molecule has 2 fully saturated rings. The predicted molar refractivity (Wildman–Crippen MR) is 96.0 cm³/mol. The Labute approximate surface area is 154 Å². The van der Waals surface area contributed by atoms with Crippen LogP contribution in [0.3, 0.4) is 0 Å². The maximum absolute atomic E-state index is 12.7. The third-order valence-electron chi connectivity index (χ3n) is 5.27. The highest BCUT2D eigenvalue weighted by atomic mass is 16.5. The number of hydrogen-bond acceptors (Lipinski definition) is 5. The van der Waals surface area contributed by atoms with E-state index in [1.165, 1.54) is 4.90 Å². The maximum atomic E-state index is 12.7. The van der Waals surface area contributed by atoms with Crippen LogP contribution in [-0.2, 0) is 9.59 Å². The summed E-state index contributed by atoms with van der Waals surface area (Å²) in [5.41, 5.74) is -0.509. The number of amides is 2. The lowest BCUT2D eigenvalue weighted by atomic mass is 9.73. The zero-order valence-electron chi connectivity index (χ0n) is 15.3. The first-order chi connectivity index (χ1) is 12.5. The van der Waals surface area contributed by atoms with Gasteiger partial charge in [-0.2, -0.15) is 0 Å². The topological polar surface area (TPSA) is 76.1 Å². The van der Waals surface area contributed by atoms with Gasteiger partial charge in [0, 0.05) is 6.42 Å². The number of β-amino-alcohol motifs (C(OH)–C–C–N with tert-alkyl or cyclic N) is 1. The molecule has 1 saturated carbocycles. The van der Waals surface area contributed by atoms with Gasteiger partial charge in [0.25, 0.3) is 0 Å². The van der Waals surface area contributed by atoms with Crippen LogP contribution < -0.4 is 9.47 Å². The minimum atomic E-state index is -0.909. The molecule has 1 aliphatic heterocycles. The second-order valence-electron chi connectivity index (χ2n) is 7.20. The fourth-order valence-corrected chi connectivity index (χ4v) is 3.92. The third-order valence-corrected chi connectivity index (χ3v) is 5.27. The average molecular weight is 361 g/mol. The molecule has 1 aromatic carbocycles. The molecule has 1 aliphatic carbocycles. The molecule has 142 valence electrons. The van der Waals surface area contributed by atoms with E-state index in [9.17, 15) is 14.7 Å². The summed E-state index contributed by atoms with van der Waals surface area (Å²) in [5.74, 6) is 1.08. The summed E-state index contributed by atoms with van der Waals surface area (Å²) in [6.45, 7) is 2.53. The van der Waals surface area contributed by atoms with Crippen LogP contribution in [0.5, 0.6) is 11.5 Å². The second kappa shape index (κ2) is 8.08. The molecule has 1 unspecified atom stereocenters. The third kappa shape index (κ3) is 4.01. The summed E-state index contributed by atoms with van der Waals surface area (Å²) in [7, 11) is 0. The number of likely N-dealkylation sites (tertiary alicyclic amines) is 1. The van der Waals surface area contributed by atoms with Crippen molar-refractivity contribution in [3.63, 3.8) is 0 Å². The van der Waals surface area contributed by atoms with Crippen LogP contribution in [0.4, 0.5) is 0 Å². The first-order valence-electron chi connectivity index (χ1n) is 9.42. The van der Waals surface area contributed by atoms with Gasteiger partial charge in [-0.25, -0.2) is 0 Å². The summed E-state index contributed by atoms with van der Waals surface area (Å²) < 4.78 is 10.9. The van der Waals surface area contributed by atoms with E-state index in [-0.39, 0.29) is 31.4 Å². The Morgan fingerprint density at radius 1 is 1.08 bits per heavy atom. The van der Waals surface area contributed by atoms with Crippen LogP contribution in [-0.4, -0.2) is 47.7 Å². The van der Waals surface area contributed by atoms with Gasteiger partial charge in [0.05, 0.1) is 18.6 Å². The Bertz CT molecular complexity index is 636. The van der Waals surface area contributed by atoms with E-state index < -0.39 is 11.5 Å². The standard InChI is InChI=1S/C20H27NO5/c1-2-25-16-6-8-17(9-7-16)26-14-15(22)13-21-18(23)12-20(19(21)24)10-4-3-5-11-20/h6-9,15,22H,2-5,10-14H2,1H3. The number of hydrogen-bond donors (Lipinski definition) is 1. The summed E-state index contributed by atoms with van der Waals surface area (Å²) in [6.07, 6.45) is 4.07. The molecule has 1 saturated heterocycles. The molecule has 0 radical (unpaired) electrons. The Hall–Kier alpha value is -2.08. The SMILES string of the molecule is CCOc1ccc(OCC(O)CN2C(=O)CC3(CCCCC3)C2=O)cc1. The van der Waals surface area contributed by atoms with Crippen molar-refractivity contribution < 1.29 is 24.2 Å². The van der Waals surface area contributed by atoms with Gasteiger partial charge in [0.2, 0.25) is 11.8 Å². The molecule has 2 aliphatic rings. The Kier molecular flexibility index (Phi) is 5.81. The van der Waals surface area contributed by atoms with Crippen LogP contribution in [0.2, 0.25) is 0 Å². The smallest absolute Gasteiger partial charge is 0.235 e. The molecular formula is C20H27NO5. The number of aliphatic hydroxyl groups is 1. The fourth-order valence-electron chi connectivity index (χ4n) is 3.92. The molecular weight excluding hydrogens is 334 g/mol. The van der Waals surface area contributed by atoms with E-state index in [1.807, 2.05) is 6.92 Å². The number of imide groups is 1. The number of aliphatic hydroxyl groups excluding tert-OH is 1. The first kappa shape index (κ1) is 18.7. The van der Waals surface area contributed by atoms with Crippen LogP contribution >= 0.6 is 0 Å². The van der Waals surface area contributed by atoms with E-state index in [1.54, 1.807) is 24.3 Å². The average Bonchev–Trinajstić information content (AvgIpc) is 2.86. The van der Waals surface area contributed by atoms with Crippen molar-refractivity contribution in [3.8, 4) is 11.5 Å². The summed E-state index contributed by atoms with van der Waals surface area (Å²) in [4.78, 5) is 26.3. The summed E-state index contributed by atoms with van der Waals surface area (Å²) >= 11 is 0. The zero-order chi connectivity index (χ0) is 18.6. The lowest BCUT2D eigenvalue weighted by Crippen LogP contribution is -2.42. The molecule has 1 spiro atoms. The van der Waals surface area contributed by atoms with Gasteiger partial charge < -0.3 is 14.6 Å². The van der Waals surface area contributed by atoms with Gasteiger partial charge in [0.1, 0.15) is 24.2 Å². The van der Waals surface area contributed by atoms with Crippen molar-refractivity contribution in [2.24, 2.45) is 5.41 Å². The highest BCUT2D eigenvalue weighted by molar-refractivity contribution is 6.06. The predicted octanol–water partition coefficient (Wildman–Crippen LogP) is 2.53. The summed E-state index contributed by atoms with van der Waals surface area (Å²) in [6, 6.07) is 7.12. The second-order valence-corrected chi connectivity index (χ2v) is 7.20. The van der Waals surface area contributed by atoms with E-state index in [0.29, 0.717) is 12.4 Å². The van der Waals surface area contributed by atoms with Crippen LogP contribution in [0.25, 0.3) is 0 Å². The van der Waals surface area contributed by atoms with E-state index in [2.05, 4.69) is 0 Å². The van der Waals surface area contributed by atoms with Gasteiger partial charge in [-0.3, -0.25) is 14.5 Å². The van der Waals surface area contributed by atoms with Gasteiger partial charge >= 0.3 is 0 Å². The zero-order valence-corrected chi connectivity index (χ0v) is 15.3. The number of carbonyl (C=O) groups excluding carboxylic acids is 2.